The van der Waals surface area contributed by atoms with Gasteiger partial charge in [-0.15, -0.1) is 0 Å². The highest BCUT2D eigenvalue weighted by Gasteiger charge is 2.12. The standard InChI is InChI=1S/C19H18ClN3O3/c1-3-17(24)22-11-12-4-6-13(7-5-12)19(26)23-16-10-14(18(25)21-2)8-9-15(16)20/h3-10H,1,11H2,2H3,(H,21,25)(H,22,24)(H,23,26). The van der Waals surface area contributed by atoms with Crippen molar-refractivity contribution in [2.45, 2.75) is 6.54 Å². The van der Waals surface area contributed by atoms with Crippen LogP contribution in [0.25, 0.3) is 0 Å². The van der Waals surface area contributed by atoms with Crippen LogP contribution in [0, 0.1) is 0 Å². The second kappa shape index (κ2) is 8.82. The van der Waals surface area contributed by atoms with Crippen molar-refractivity contribution in [3.63, 3.8) is 0 Å². The topological polar surface area (TPSA) is 87.3 Å². The van der Waals surface area contributed by atoms with Crippen molar-refractivity contribution in [3.8, 4) is 0 Å². The van der Waals surface area contributed by atoms with Crippen molar-refractivity contribution in [2.75, 3.05) is 12.4 Å². The van der Waals surface area contributed by atoms with E-state index in [-0.39, 0.29) is 17.7 Å². The molecule has 7 heteroatoms. The Bertz CT molecular complexity index is 848. The molecule has 0 unspecified atom stereocenters. The summed E-state index contributed by atoms with van der Waals surface area (Å²) in [6, 6.07) is 11.4. The van der Waals surface area contributed by atoms with Gasteiger partial charge in [0.05, 0.1) is 10.7 Å². The Morgan fingerprint density at radius 2 is 1.69 bits per heavy atom. The lowest BCUT2D eigenvalue weighted by Gasteiger charge is -2.10. The minimum atomic E-state index is -0.359. The summed E-state index contributed by atoms with van der Waals surface area (Å²) in [7, 11) is 1.52. The number of amides is 3. The van der Waals surface area contributed by atoms with Crippen LogP contribution >= 0.6 is 11.6 Å². The molecule has 0 bridgehead atoms. The molecule has 0 radical (unpaired) electrons. The SMILES string of the molecule is C=CC(=O)NCc1ccc(C(=O)Nc2cc(C(=O)NC)ccc2Cl)cc1. The molecule has 0 fully saturated rings. The quantitative estimate of drug-likeness (QED) is 0.682. The van der Waals surface area contributed by atoms with E-state index < -0.39 is 0 Å². The minimum absolute atomic E-state index is 0.266. The Morgan fingerprint density at radius 3 is 2.31 bits per heavy atom. The van der Waals surface area contributed by atoms with Crippen LogP contribution in [0.5, 0.6) is 0 Å². The van der Waals surface area contributed by atoms with Gasteiger partial charge >= 0.3 is 0 Å². The molecule has 0 aliphatic rings. The number of hydrogen-bond acceptors (Lipinski definition) is 3. The van der Waals surface area contributed by atoms with Crippen LogP contribution in [-0.2, 0) is 11.3 Å². The van der Waals surface area contributed by atoms with E-state index in [4.69, 9.17) is 11.6 Å². The van der Waals surface area contributed by atoms with Crippen LogP contribution in [-0.4, -0.2) is 24.8 Å². The molecule has 0 heterocycles. The molecular weight excluding hydrogens is 354 g/mol. The molecule has 0 spiro atoms. The normalized spacial score (nSPS) is 9.92. The van der Waals surface area contributed by atoms with Crippen molar-refractivity contribution in [3.05, 3.63) is 76.8 Å². The predicted octanol–water partition coefficient (Wildman–Crippen LogP) is 2.75. The average Bonchev–Trinajstić information content (AvgIpc) is 2.67. The van der Waals surface area contributed by atoms with E-state index in [9.17, 15) is 14.4 Å². The highest BCUT2D eigenvalue weighted by molar-refractivity contribution is 6.34. The molecule has 2 rings (SSSR count). The fourth-order valence-corrected chi connectivity index (χ4v) is 2.30. The Balaban J connectivity index is 2.09. The van der Waals surface area contributed by atoms with Crippen LogP contribution in [0.3, 0.4) is 0 Å². The highest BCUT2D eigenvalue weighted by atomic mass is 35.5. The van der Waals surface area contributed by atoms with Crippen LogP contribution in [0.15, 0.2) is 55.1 Å². The fourth-order valence-electron chi connectivity index (χ4n) is 2.14. The van der Waals surface area contributed by atoms with Crippen molar-refractivity contribution in [2.24, 2.45) is 0 Å². The Hall–Kier alpha value is -3.12. The van der Waals surface area contributed by atoms with Gasteiger partial charge in [0.15, 0.2) is 0 Å². The summed E-state index contributed by atoms with van der Waals surface area (Å²) in [5.74, 6) is -0.900. The first-order valence-corrected chi connectivity index (χ1v) is 8.14. The lowest BCUT2D eigenvalue weighted by molar-refractivity contribution is -0.116. The maximum atomic E-state index is 12.4. The zero-order valence-corrected chi connectivity index (χ0v) is 14.9. The molecule has 2 aromatic carbocycles. The van der Waals surface area contributed by atoms with Gasteiger partial charge in [0.1, 0.15) is 0 Å². The van der Waals surface area contributed by atoms with Gasteiger partial charge in [-0.25, -0.2) is 0 Å². The van der Waals surface area contributed by atoms with E-state index in [1.54, 1.807) is 36.4 Å². The molecule has 2 aromatic rings. The first-order chi connectivity index (χ1) is 12.4. The van der Waals surface area contributed by atoms with Crippen molar-refractivity contribution >= 4 is 35.0 Å². The first kappa shape index (κ1) is 19.2. The first-order valence-electron chi connectivity index (χ1n) is 7.76. The summed E-state index contributed by atoms with van der Waals surface area (Å²) in [6.07, 6.45) is 1.19. The second-order valence-corrected chi connectivity index (χ2v) is 5.75. The molecule has 0 aromatic heterocycles. The van der Waals surface area contributed by atoms with Gasteiger partial charge in [-0.3, -0.25) is 14.4 Å². The van der Waals surface area contributed by atoms with E-state index in [2.05, 4.69) is 22.5 Å². The third-order valence-electron chi connectivity index (χ3n) is 3.57. The van der Waals surface area contributed by atoms with Crippen molar-refractivity contribution in [1.82, 2.24) is 10.6 Å². The van der Waals surface area contributed by atoms with Crippen LogP contribution in [0.2, 0.25) is 5.02 Å². The lowest BCUT2D eigenvalue weighted by Crippen LogP contribution is -2.20. The van der Waals surface area contributed by atoms with E-state index in [0.29, 0.717) is 28.4 Å². The zero-order valence-electron chi connectivity index (χ0n) is 14.1. The summed E-state index contributed by atoms with van der Waals surface area (Å²) in [6.45, 7) is 3.72. The van der Waals surface area contributed by atoms with Crippen molar-refractivity contribution in [1.29, 1.82) is 0 Å². The maximum absolute atomic E-state index is 12.4. The number of hydrogen-bond donors (Lipinski definition) is 3. The molecule has 0 saturated heterocycles. The van der Waals surface area contributed by atoms with E-state index in [1.165, 1.54) is 19.2 Å². The van der Waals surface area contributed by atoms with E-state index in [1.807, 2.05) is 0 Å². The summed E-state index contributed by atoms with van der Waals surface area (Å²) in [4.78, 5) is 35.2. The van der Waals surface area contributed by atoms with Gasteiger partial charge in [-0.2, -0.15) is 0 Å². The third kappa shape index (κ3) is 4.94. The van der Waals surface area contributed by atoms with Gasteiger partial charge in [0.2, 0.25) is 5.91 Å². The molecule has 6 nitrogen and oxygen atoms in total. The van der Waals surface area contributed by atoms with E-state index >= 15 is 0 Å². The van der Waals surface area contributed by atoms with Crippen LogP contribution in [0.4, 0.5) is 5.69 Å². The van der Waals surface area contributed by atoms with Gasteiger partial charge < -0.3 is 16.0 Å². The Labute approximate surface area is 156 Å². The highest BCUT2D eigenvalue weighted by Crippen LogP contribution is 2.23. The average molecular weight is 372 g/mol. The number of anilines is 1. The molecule has 3 N–H and O–H groups in total. The molecule has 3 amide bonds. The largest absolute Gasteiger partial charge is 0.355 e. The Morgan fingerprint density at radius 1 is 1.04 bits per heavy atom. The number of carbonyl (C=O) groups is 3. The molecule has 26 heavy (non-hydrogen) atoms. The maximum Gasteiger partial charge on any atom is 0.255 e. The van der Waals surface area contributed by atoms with Gasteiger partial charge in [-0.05, 0) is 42.0 Å². The monoisotopic (exact) mass is 371 g/mol. The number of rotatable bonds is 6. The third-order valence-corrected chi connectivity index (χ3v) is 3.90. The summed E-state index contributed by atoms with van der Waals surface area (Å²) < 4.78 is 0. The van der Waals surface area contributed by atoms with Crippen LogP contribution < -0.4 is 16.0 Å². The van der Waals surface area contributed by atoms with Gasteiger partial charge in [-0.1, -0.05) is 30.3 Å². The number of benzene rings is 2. The lowest BCUT2D eigenvalue weighted by atomic mass is 10.1. The Kier molecular flexibility index (Phi) is 6.52. The van der Waals surface area contributed by atoms with Crippen LogP contribution in [0.1, 0.15) is 26.3 Å². The zero-order chi connectivity index (χ0) is 19.1. The molecule has 0 atom stereocenters. The number of nitrogens with one attached hydrogen (secondary N) is 3. The fraction of sp³-hybridized carbons (Fsp3) is 0.105. The minimum Gasteiger partial charge on any atom is -0.355 e. The molecule has 0 aliphatic carbocycles. The smallest absolute Gasteiger partial charge is 0.255 e. The molecule has 0 aliphatic heterocycles. The summed E-state index contributed by atoms with van der Waals surface area (Å²) >= 11 is 6.09. The number of carbonyl (C=O) groups excluding carboxylic acids is 3. The molecule has 134 valence electrons. The molecular formula is C19H18ClN3O3. The van der Waals surface area contributed by atoms with Gasteiger partial charge in [0, 0.05) is 24.7 Å². The predicted molar refractivity (Wildman–Crippen MR) is 101 cm³/mol. The van der Waals surface area contributed by atoms with Gasteiger partial charge in [0.25, 0.3) is 11.8 Å². The number of halogens is 1. The van der Waals surface area contributed by atoms with Crippen molar-refractivity contribution < 1.29 is 14.4 Å². The molecule has 0 saturated carbocycles. The summed E-state index contributed by atoms with van der Waals surface area (Å²) in [5.41, 5.74) is 2.00. The second-order valence-electron chi connectivity index (χ2n) is 5.35. The summed E-state index contributed by atoms with van der Waals surface area (Å²) in [5, 5.41) is 8.19. The van der Waals surface area contributed by atoms with E-state index in [0.717, 1.165) is 5.56 Å².